The zero-order valence-corrected chi connectivity index (χ0v) is 20.8. The van der Waals surface area contributed by atoms with E-state index in [9.17, 15) is 0 Å². The monoisotopic (exact) mass is 486 g/mol. The summed E-state index contributed by atoms with van der Waals surface area (Å²) in [6.45, 7) is 0. The molecule has 3 aromatic heterocycles. The van der Waals surface area contributed by atoms with Gasteiger partial charge in [0.2, 0.25) is 5.95 Å². The highest BCUT2D eigenvalue weighted by Gasteiger charge is 2.23. The van der Waals surface area contributed by atoms with Crippen LogP contribution in [-0.2, 0) is 13.5 Å². The Hall–Kier alpha value is -4.96. The second-order valence-electron chi connectivity index (χ2n) is 10.3. The highest BCUT2D eigenvalue weighted by atomic mass is 15.2. The van der Waals surface area contributed by atoms with E-state index < -0.39 is 0 Å². The average Bonchev–Trinajstić information content (AvgIpc) is 3.44. The minimum Gasteiger partial charge on any atom is -0.344 e. The first-order valence-corrected chi connectivity index (χ1v) is 13.0. The molecule has 0 atom stereocenters. The Morgan fingerprint density at radius 1 is 0.579 bits per heavy atom. The fourth-order valence-electron chi connectivity index (χ4n) is 6.63. The zero-order valence-electron chi connectivity index (χ0n) is 20.8. The van der Waals surface area contributed by atoms with Gasteiger partial charge in [-0.25, -0.2) is 9.97 Å². The van der Waals surface area contributed by atoms with E-state index in [2.05, 4.69) is 119 Å². The van der Waals surface area contributed by atoms with Gasteiger partial charge in [-0.3, -0.25) is 4.57 Å². The smallest absolute Gasteiger partial charge is 0.235 e. The van der Waals surface area contributed by atoms with E-state index in [4.69, 9.17) is 9.97 Å². The van der Waals surface area contributed by atoms with Crippen molar-refractivity contribution in [2.75, 3.05) is 0 Å². The molecule has 1 aliphatic carbocycles. The molecule has 0 N–H and O–H groups in total. The summed E-state index contributed by atoms with van der Waals surface area (Å²) in [6, 6.07) is 37.0. The highest BCUT2D eigenvalue weighted by Crippen LogP contribution is 2.40. The van der Waals surface area contributed by atoms with Crippen molar-refractivity contribution in [2.45, 2.75) is 6.42 Å². The molecule has 0 bridgehead atoms. The lowest BCUT2D eigenvalue weighted by atomic mass is 9.88. The van der Waals surface area contributed by atoms with Gasteiger partial charge in [0.25, 0.3) is 0 Å². The lowest BCUT2D eigenvalue weighted by Gasteiger charge is -2.20. The van der Waals surface area contributed by atoms with Crippen LogP contribution in [-0.4, -0.2) is 19.1 Å². The van der Waals surface area contributed by atoms with Gasteiger partial charge in [-0.1, -0.05) is 72.8 Å². The van der Waals surface area contributed by atoms with Gasteiger partial charge < -0.3 is 4.57 Å². The van der Waals surface area contributed by atoms with E-state index >= 15 is 0 Å². The Balaban J connectivity index is 1.44. The van der Waals surface area contributed by atoms with Gasteiger partial charge in [0.05, 0.1) is 27.8 Å². The first kappa shape index (κ1) is 20.1. The maximum atomic E-state index is 5.31. The average molecular weight is 487 g/mol. The number of nitrogens with zero attached hydrogens (tertiary/aromatic N) is 4. The predicted molar refractivity (Wildman–Crippen MR) is 156 cm³/mol. The lowest BCUT2D eigenvalue weighted by Crippen LogP contribution is -2.08. The van der Waals surface area contributed by atoms with E-state index in [1.807, 2.05) is 0 Å². The number of aromatic nitrogens is 4. The van der Waals surface area contributed by atoms with E-state index in [-0.39, 0.29) is 0 Å². The van der Waals surface area contributed by atoms with Gasteiger partial charge in [0.1, 0.15) is 0 Å². The van der Waals surface area contributed by atoms with Crippen molar-refractivity contribution in [1.29, 1.82) is 0 Å². The molecule has 3 heterocycles. The Morgan fingerprint density at radius 2 is 1.29 bits per heavy atom. The van der Waals surface area contributed by atoms with Crippen molar-refractivity contribution in [3.8, 4) is 17.2 Å². The van der Waals surface area contributed by atoms with Crippen LogP contribution in [0.15, 0.2) is 103 Å². The number of hydrogen-bond donors (Lipinski definition) is 0. The summed E-state index contributed by atoms with van der Waals surface area (Å²) < 4.78 is 4.54. The Morgan fingerprint density at radius 3 is 2.18 bits per heavy atom. The Bertz CT molecular complexity index is 2280. The molecule has 0 saturated carbocycles. The number of fused-ring (bicyclic) bond motifs is 8. The van der Waals surface area contributed by atoms with E-state index in [1.54, 1.807) is 0 Å². The first-order chi connectivity index (χ1) is 18.8. The topological polar surface area (TPSA) is 35.6 Å². The second kappa shape index (κ2) is 7.08. The summed E-state index contributed by atoms with van der Waals surface area (Å²) in [4.78, 5) is 10.5. The van der Waals surface area contributed by atoms with Crippen LogP contribution in [0.5, 0.6) is 0 Å². The molecule has 0 spiro atoms. The van der Waals surface area contributed by atoms with Crippen LogP contribution >= 0.6 is 0 Å². The van der Waals surface area contributed by atoms with Gasteiger partial charge in [0, 0.05) is 45.1 Å². The van der Waals surface area contributed by atoms with Crippen molar-refractivity contribution in [3.63, 3.8) is 0 Å². The van der Waals surface area contributed by atoms with Crippen molar-refractivity contribution < 1.29 is 0 Å². The molecule has 0 saturated heterocycles. The minimum absolute atomic E-state index is 0.714. The Labute approximate surface area is 218 Å². The van der Waals surface area contributed by atoms with Gasteiger partial charge in [-0.15, -0.1) is 0 Å². The largest absolute Gasteiger partial charge is 0.344 e. The van der Waals surface area contributed by atoms with Gasteiger partial charge in [0.15, 0.2) is 0 Å². The molecule has 8 aromatic rings. The minimum atomic E-state index is 0.714. The molecule has 5 aromatic carbocycles. The molecular formula is C34H22N4. The van der Waals surface area contributed by atoms with Crippen LogP contribution < -0.4 is 0 Å². The summed E-state index contributed by atoms with van der Waals surface area (Å²) in [5.74, 6) is 0.714. The standard InChI is InChI=1S/C34H22N4/c1-37-28-15-6-4-12-23(28)25-18-26-24-13-5-7-16-29(24)38(31(26)19-30(25)37)34-35-27-14-8-10-21-17-20-9-2-3-11-22(20)33(36-34)32(21)27/h2-16,18-19H,17H2,1H3. The van der Waals surface area contributed by atoms with Gasteiger partial charge in [-0.2, -0.15) is 0 Å². The number of benzene rings is 5. The highest BCUT2D eigenvalue weighted by molar-refractivity contribution is 6.18. The molecule has 0 aliphatic heterocycles. The van der Waals surface area contributed by atoms with E-state index in [1.165, 1.54) is 54.7 Å². The number of rotatable bonds is 1. The summed E-state index contributed by atoms with van der Waals surface area (Å²) >= 11 is 0. The third-order valence-electron chi connectivity index (χ3n) is 8.36. The number of hydrogen-bond acceptors (Lipinski definition) is 2. The van der Waals surface area contributed by atoms with Crippen LogP contribution in [0.3, 0.4) is 0 Å². The van der Waals surface area contributed by atoms with E-state index in [0.717, 1.165) is 28.7 Å². The van der Waals surface area contributed by atoms with Crippen LogP contribution in [0.25, 0.3) is 71.7 Å². The van der Waals surface area contributed by atoms with Gasteiger partial charge in [-0.05, 0) is 47.9 Å². The molecule has 1 aliphatic rings. The molecule has 4 heteroatoms. The van der Waals surface area contributed by atoms with E-state index in [0.29, 0.717) is 5.95 Å². The molecule has 178 valence electrons. The molecule has 0 fully saturated rings. The SMILES string of the molecule is Cn1c2ccccc2c2cc3c4ccccc4n(-c4nc5c6c(cccc6n4)Cc4ccccc4-5)c3cc21. The molecule has 0 amide bonds. The first-order valence-electron chi connectivity index (χ1n) is 13.0. The molecular weight excluding hydrogens is 464 g/mol. The second-order valence-corrected chi connectivity index (χ2v) is 10.3. The van der Waals surface area contributed by atoms with Crippen molar-refractivity contribution in [1.82, 2.24) is 19.1 Å². The zero-order chi connectivity index (χ0) is 25.0. The Kier molecular flexibility index (Phi) is 3.75. The van der Waals surface area contributed by atoms with Crippen molar-refractivity contribution in [2.24, 2.45) is 7.05 Å². The van der Waals surface area contributed by atoms with Crippen LogP contribution in [0, 0.1) is 0 Å². The fraction of sp³-hybridized carbons (Fsp3) is 0.0588. The third kappa shape index (κ3) is 2.49. The number of aryl methyl sites for hydroxylation is 1. The lowest BCUT2D eigenvalue weighted by molar-refractivity contribution is 0.999. The molecule has 0 unspecified atom stereocenters. The predicted octanol–water partition coefficient (Wildman–Crippen LogP) is 7.94. The molecule has 4 nitrogen and oxygen atoms in total. The van der Waals surface area contributed by atoms with Crippen LogP contribution in [0.1, 0.15) is 11.1 Å². The quantitative estimate of drug-likeness (QED) is 0.236. The van der Waals surface area contributed by atoms with Crippen LogP contribution in [0.2, 0.25) is 0 Å². The molecule has 9 rings (SSSR count). The summed E-state index contributed by atoms with van der Waals surface area (Å²) in [6.07, 6.45) is 0.914. The van der Waals surface area contributed by atoms with Crippen molar-refractivity contribution in [3.05, 3.63) is 114 Å². The molecule has 0 radical (unpaired) electrons. The van der Waals surface area contributed by atoms with Crippen molar-refractivity contribution >= 4 is 54.5 Å². The summed E-state index contributed by atoms with van der Waals surface area (Å²) in [5.41, 5.74) is 10.5. The van der Waals surface area contributed by atoms with Crippen LogP contribution in [0.4, 0.5) is 0 Å². The normalized spacial score (nSPS) is 12.8. The number of para-hydroxylation sites is 2. The maximum absolute atomic E-state index is 5.31. The molecule has 38 heavy (non-hydrogen) atoms. The third-order valence-corrected chi connectivity index (χ3v) is 8.36. The van der Waals surface area contributed by atoms with Gasteiger partial charge >= 0.3 is 0 Å². The summed E-state index contributed by atoms with van der Waals surface area (Å²) in [7, 11) is 2.15. The maximum Gasteiger partial charge on any atom is 0.235 e. The fourth-order valence-corrected chi connectivity index (χ4v) is 6.63. The summed E-state index contributed by atoms with van der Waals surface area (Å²) in [5, 5.41) is 6.15.